The molecule has 0 amide bonds. The molecule has 1 aliphatic heterocycles. The first-order valence-electron chi connectivity index (χ1n) is 6.07. The first kappa shape index (κ1) is 13.5. The van der Waals surface area contributed by atoms with Gasteiger partial charge in [-0.3, -0.25) is 4.84 Å². The van der Waals surface area contributed by atoms with Gasteiger partial charge in [-0.05, 0) is 17.5 Å². The van der Waals surface area contributed by atoms with E-state index in [1.807, 2.05) is 6.07 Å². The van der Waals surface area contributed by atoms with E-state index in [0.717, 1.165) is 23.3 Å². The van der Waals surface area contributed by atoms with Crippen molar-refractivity contribution in [3.8, 4) is 11.5 Å². The fourth-order valence-electron chi connectivity index (χ4n) is 2.20. The van der Waals surface area contributed by atoms with Crippen molar-refractivity contribution in [2.24, 2.45) is 5.90 Å². The van der Waals surface area contributed by atoms with Crippen LogP contribution in [0.1, 0.15) is 37.3 Å². The molecule has 0 saturated carbocycles. The second-order valence-electron chi connectivity index (χ2n) is 4.61. The van der Waals surface area contributed by atoms with Crippen LogP contribution in [0, 0.1) is 0 Å². The van der Waals surface area contributed by atoms with E-state index in [9.17, 15) is 0 Å². The Hall–Kier alpha value is -0.970. The number of rotatable bonds is 3. The summed E-state index contributed by atoms with van der Waals surface area (Å²) >= 11 is 6.23. The summed E-state index contributed by atoms with van der Waals surface area (Å²) in [5.74, 6) is 6.83. The van der Waals surface area contributed by atoms with Crippen LogP contribution in [0.4, 0.5) is 0 Å². The van der Waals surface area contributed by atoms with Crippen molar-refractivity contribution in [2.75, 3.05) is 13.2 Å². The maximum Gasteiger partial charge on any atom is 0.180 e. The van der Waals surface area contributed by atoms with E-state index in [1.165, 1.54) is 0 Å². The van der Waals surface area contributed by atoms with Gasteiger partial charge in [0.1, 0.15) is 0 Å². The summed E-state index contributed by atoms with van der Waals surface area (Å²) in [5.41, 5.74) is 2.00. The monoisotopic (exact) mass is 271 g/mol. The Morgan fingerprint density at radius 1 is 1.33 bits per heavy atom. The highest BCUT2D eigenvalue weighted by atomic mass is 35.5. The number of ether oxygens (including phenoxy) is 2. The van der Waals surface area contributed by atoms with Crippen molar-refractivity contribution < 1.29 is 14.3 Å². The molecule has 0 aromatic heterocycles. The molecule has 1 aliphatic rings. The predicted molar refractivity (Wildman–Crippen MR) is 70.1 cm³/mol. The van der Waals surface area contributed by atoms with E-state index < -0.39 is 0 Å². The van der Waals surface area contributed by atoms with Crippen molar-refractivity contribution in [1.82, 2.24) is 0 Å². The average molecular weight is 272 g/mol. The molecule has 0 saturated heterocycles. The molecule has 0 aliphatic carbocycles. The molecule has 1 aromatic rings. The Bertz CT molecular complexity index is 435. The van der Waals surface area contributed by atoms with Gasteiger partial charge in [-0.1, -0.05) is 25.4 Å². The molecular formula is C13H18ClNO3. The Morgan fingerprint density at radius 3 is 2.61 bits per heavy atom. The van der Waals surface area contributed by atoms with E-state index in [-0.39, 0.29) is 5.92 Å². The molecule has 0 unspecified atom stereocenters. The van der Waals surface area contributed by atoms with Crippen LogP contribution in [0.3, 0.4) is 0 Å². The molecule has 0 atom stereocenters. The molecule has 4 nitrogen and oxygen atoms in total. The van der Waals surface area contributed by atoms with E-state index in [0.29, 0.717) is 30.6 Å². The third kappa shape index (κ3) is 2.55. The lowest BCUT2D eigenvalue weighted by Crippen LogP contribution is -2.07. The summed E-state index contributed by atoms with van der Waals surface area (Å²) in [7, 11) is 0. The summed E-state index contributed by atoms with van der Waals surface area (Å²) in [6.07, 6.45) is 0.852. The Morgan fingerprint density at radius 2 is 2.00 bits per heavy atom. The molecule has 2 rings (SSSR count). The zero-order chi connectivity index (χ0) is 13.1. The third-order valence-electron chi connectivity index (χ3n) is 2.91. The van der Waals surface area contributed by atoms with Gasteiger partial charge >= 0.3 is 0 Å². The van der Waals surface area contributed by atoms with Crippen LogP contribution in [-0.4, -0.2) is 13.2 Å². The second-order valence-corrected chi connectivity index (χ2v) is 5.01. The molecule has 2 N–H and O–H groups in total. The quantitative estimate of drug-likeness (QED) is 0.859. The third-order valence-corrected chi connectivity index (χ3v) is 3.19. The molecular weight excluding hydrogens is 254 g/mol. The molecule has 100 valence electrons. The second kappa shape index (κ2) is 5.78. The fraction of sp³-hybridized carbons (Fsp3) is 0.538. The fourth-order valence-corrected chi connectivity index (χ4v) is 2.47. The number of benzene rings is 1. The molecule has 0 radical (unpaired) electrons. The number of hydrogen-bond acceptors (Lipinski definition) is 4. The lowest BCUT2D eigenvalue weighted by Gasteiger charge is -2.20. The highest BCUT2D eigenvalue weighted by molar-refractivity contribution is 6.32. The van der Waals surface area contributed by atoms with E-state index in [1.54, 1.807) is 0 Å². The van der Waals surface area contributed by atoms with Crippen LogP contribution in [0.5, 0.6) is 11.5 Å². The van der Waals surface area contributed by atoms with Gasteiger partial charge in [0.2, 0.25) is 0 Å². The minimum atomic E-state index is 0.280. The van der Waals surface area contributed by atoms with Crippen LogP contribution in [-0.2, 0) is 11.4 Å². The van der Waals surface area contributed by atoms with Gasteiger partial charge in [-0.25, -0.2) is 5.90 Å². The number of fused-ring (bicyclic) bond motifs is 1. The van der Waals surface area contributed by atoms with Crippen molar-refractivity contribution in [1.29, 1.82) is 0 Å². The van der Waals surface area contributed by atoms with Crippen molar-refractivity contribution in [3.63, 3.8) is 0 Å². The summed E-state index contributed by atoms with van der Waals surface area (Å²) in [5, 5.41) is 0.545. The topological polar surface area (TPSA) is 53.7 Å². The predicted octanol–water partition coefficient (Wildman–Crippen LogP) is 3.02. The van der Waals surface area contributed by atoms with Crippen LogP contribution in [0.2, 0.25) is 5.02 Å². The van der Waals surface area contributed by atoms with Gasteiger partial charge in [-0.15, -0.1) is 0 Å². The minimum absolute atomic E-state index is 0.280. The number of hydrogen-bond donors (Lipinski definition) is 1. The summed E-state index contributed by atoms with van der Waals surface area (Å²) in [4.78, 5) is 4.74. The lowest BCUT2D eigenvalue weighted by atomic mass is 9.95. The zero-order valence-corrected chi connectivity index (χ0v) is 11.4. The lowest BCUT2D eigenvalue weighted by molar-refractivity contribution is 0.123. The molecule has 1 heterocycles. The Balaban J connectivity index is 2.57. The standard InChI is InChI=1S/C13H18ClNO3/c1-8(2)11-9(7-18-15)6-10(14)12-13(11)17-5-3-4-16-12/h6,8H,3-5,7,15H2,1-2H3. The number of halogens is 1. The molecule has 0 bridgehead atoms. The highest BCUT2D eigenvalue weighted by Crippen LogP contribution is 2.44. The highest BCUT2D eigenvalue weighted by Gasteiger charge is 2.23. The normalized spacial score (nSPS) is 14.7. The largest absolute Gasteiger partial charge is 0.489 e. The summed E-state index contributed by atoms with van der Waals surface area (Å²) in [6.45, 7) is 5.76. The van der Waals surface area contributed by atoms with Crippen molar-refractivity contribution in [2.45, 2.75) is 32.8 Å². The first-order chi connectivity index (χ1) is 8.65. The Labute approximate surface area is 112 Å². The van der Waals surface area contributed by atoms with E-state index in [4.69, 9.17) is 31.8 Å². The van der Waals surface area contributed by atoms with Crippen molar-refractivity contribution in [3.05, 3.63) is 22.2 Å². The molecule has 0 spiro atoms. The maximum absolute atomic E-state index is 6.23. The minimum Gasteiger partial charge on any atom is -0.489 e. The van der Waals surface area contributed by atoms with Crippen LogP contribution < -0.4 is 15.4 Å². The molecule has 18 heavy (non-hydrogen) atoms. The Kier molecular flexibility index (Phi) is 4.32. The van der Waals surface area contributed by atoms with Gasteiger partial charge in [0.25, 0.3) is 0 Å². The van der Waals surface area contributed by atoms with Gasteiger partial charge in [0.15, 0.2) is 11.5 Å². The van der Waals surface area contributed by atoms with Gasteiger partial charge < -0.3 is 9.47 Å². The van der Waals surface area contributed by atoms with E-state index >= 15 is 0 Å². The van der Waals surface area contributed by atoms with Gasteiger partial charge in [-0.2, -0.15) is 0 Å². The molecule has 5 heteroatoms. The van der Waals surface area contributed by atoms with E-state index in [2.05, 4.69) is 13.8 Å². The van der Waals surface area contributed by atoms with Gasteiger partial charge in [0, 0.05) is 12.0 Å². The van der Waals surface area contributed by atoms with Crippen LogP contribution in [0.25, 0.3) is 0 Å². The van der Waals surface area contributed by atoms with Crippen LogP contribution >= 0.6 is 11.6 Å². The summed E-state index contributed by atoms with van der Waals surface area (Å²) in [6, 6.07) is 1.84. The smallest absolute Gasteiger partial charge is 0.180 e. The SMILES string of the molecule is CC(C)c1c(CON)cc(Cl)c2c1OCCCO2. The summed E-state index contributed by atoms with van der Waals surface area (Å²) < 4.78 is 11.5. The van der Waals surface area contributed by atoms with Gasteiger partial charge in [0.05, 0.1) is 24.8 Å². The molecule has 1 aromatic carbocycles. The van der Waals surface area contributed by atoms with Crippen LogP contribution in [0.15, 0.2) is 6.07 Å². The average Bonchev–Trinajstić information content (AvgIpc) is 2.55. The number of nitrogens with two attached hydrogens (primary N) is 1. The first-order valence-corrected chi connectivity index (χ1v) is 6.45. The molecule has 0 fully saturated rings. The van der Waals surface area contributed by atoms with Crippen molar-refractivity contribution >= 4 is 11.6 Å². The maximum atomic E-state index is 6.23. The zero-order valence-electron chi connectivity index (χ0n) is 10.7.